The first-order valence-corrected chi connectivity index (χ1v) is 21.8. The molecular weight excluding hydrogens is 785 g/mol. The Morgan fingerprint density at radius 2 is 0.953 bits per heavy atom. The zero-order valence-corrected chi connectivity index (χ0v) is 34.9. The van der Waals surface area contributed by atoms with Crippen LogP contribution in [-0.2, 0) is 5.41 Å². The minimum Gasteiger partial charge on any atom is -0.456 e. The predicted molar refractivity (Wildman–Crippen MR) is 260 cm³/mol. The third kappa shape index (κ3) is 4.88. The molecule has 1 aliphatic rings. The number of fused-ring (bicyclic) bond motifs is 14. The highest BCUT2D eigenvalue weighted by Gasteiger charge is 2.38. The number of rotatable bonds is 4. The van der Waals surface area contributed by atoms with Gasteiger partial charge < -0.3 is 8.83 Å². The Hall–Kier alpha value is -8.35. The highest BCUT2D eigenvalue weighted by molar-refractivity contribution is 6.23. The summed E-state index contributed by atoms with van der Waals surface area (Å²) in [5.74, 6) is 1.60. The number of benzene rings is 9. The maximum atomic E-state index is 6.42. The van der Waals surface area contributed by atoms with Crippen molar-refractivity contribution in [1.29, 1.82) is 0 Å². The van der Waals surface area contributed by atoms with Gasteiger partial charge in [0.2, 0.25) is 5.95 Å². The molecule has 4 heterocycles. The molecule has 0 unspecified atom stereocenters. The molecule has 0 radical (unpaired) electrons. The van der Waals surface area contributed by atoms with Crippen LogP contribution < -0.4 is 0 Å². The van der Waals surface area contributed by atoms with Gasteiger partial charge in [-0.1, -0.05) is 153 Å². The summed E-state index contributed by atoms with van der Waals surface area (Å²) in [7, 11) is 0. The summed E-state index contributed by atoms with van der Waals surface area (Å²) in [6, 6.07) is 64.2. The minimum absolute atomic E-state index is 0.230. The molecule has 6 heteroatoms. The summed E-state index contributed by atoms with van der Waals surface area (Å²) in [6.07, 6.45) is 0. The highest BCUT2D eigenvalue weighted by Crippen LogP contribution is 2.53. The molecule has 64 heavy (non-hydrogen) atoms. The fraction of sp³-hybridized carbons (Fsp3) is 0.0517. The van der Waals surface area contributed by atoms with Gasteiger partial charge >= 0.3 is 0 Å². The van der Waals surface area contributed by atoms with Crippen molar-refractivity contribution >= 4 is 76.5 Å². The number of hydrogen-bond donors (Lipinski definition) is 0. The van der Waals surface area contributed by atoms with Crippen LogP contribution in [0.3, 0.4) is 0 Å². The molecule has 0 atom stereocenters. The summed E-state index contributed by atoms with van der Waals surface area (Å²) in [5.41, 5.74) is 14.2. The van der Waals surface area contributed by atoms with Crippen LogP contribution in [0.4, 0.5) is 0 Å². The van der Waals surface area contributed by atoms with E-state index in [-0.39, 0.29) is 5.41 Å². The fourth-order valence-corrected chi connectivity index (χ4v) is 10.8. The average molecular weight is 821 g/mol. The lowest BCUT2D eigenvalue weighted by Gasteiger charge is -2.25. The van der Waals surface area contributed by atoms with Gasteiger partial charge in [0, 0.05) is 54.4 Å². The van der Waals surface area contributed by atoms with Crippen molar-refractivity contribution in [3.63, 3.8) is 0 Å². The molecule has 9 aromatic carbocycles. The Kier molecular flexibility index (Phi) is 7.08. The molecule has 0 bridgehead atoms. The number of nitrogens with zero attached hydrogens (tertiary/aromatic N) is 4. The molecule has 1 aliphatic carbocycles. The molecule has 0 saturated heterocycles. The van der Waals surface area contributed by atoms with Crippen molar-refractivity contribution in [2.45, 2.75) is 19.3 Å². The summed E-state index contributed by atoms with van der Waals surface area (Å²) in [4.78, 5) is 16.2. The van der Waals surface area contributed by atoms with Crippen molar-refractivity contribution in [3.05, 3.63) is 193 Å². The van der Waals surface area contributed by atoms with E-state index in [1.54, 1.807) is 0 Å². The fourth-order valence-electron chi connectivity index (χ4n) is 10.8. The quantitative estimate of drug-likeness (QED) is 0.177. The maximum Gasteiger partial charge on any atom is 0.238 e. The van der Waals surface area contributed by atoms with E-state index in [4.69, 9.17) is 23.8 Å². The van der Waals surface area contributed by atoms with E-state index in [0.717, 1.165) is 82.4 Å². The number of para-hydroxylation sites is 3. The third-order valence-corrected chi connectivity index (χ3v) is 13.6. The Morgan fingerprint density at radius 1 is 0.422 bits per heavy atom. The van der Waals surface area contributed by atoms with Gasteiger partial charge in [0.25, 0.3) is 0 Å². The van der Waals surface area contributed by atoms with Crippen LogP contribution in [-0.4, -0.2) is 19.5 Å². The van der Waals surface area contributed by atoms with Crippen molar-refractivity contribution in [3.8, 4) is 51.0 Å². The molecule has 300 valence electrons. The standard InChI is InChI=1S/C58H36N4O2/c1-58(2)46-22-8-5-15-37(46)42-18-11-19-43(53(42)58)44-20-12-21-45-52-36-14-4-3-13-33(36)27-30-47(52)62(54(44)45)57-60-55(34-25-28-40-38-16-6-9-23-48(38)63-50(40)31-34)59-56(61-57)35-26-29-41-39-17-7-10-24-49(39)64-51(41)32-35/h3-32H,1-2H3. The number of hydrogen-bond acceptors (Lipinski definition) is 5. The Bertz CT molecular complexity index is 4000. The van der Waals surface area contributed by atoms with Crippen molar-refractivity contribution < 1.29 is 8.83 Å². The summed E-state index contributed by atoms with van der Waals surface area (Å²) in [6.45, 7) is 4.71. The summed E-state index contributed by atoms with van der Waals surface area (Å²) < 4.78 is 15.1. The van der Waals surface area contributed by atoms with E-state index in [1.807, 2.05) is 36.4 Å². The average Bonchev–Trinajstić information content (AvgIpc) is 4.07. The molecule has 0 aliphatic heterocycles. The van der Waals surface area contributed by atoms with Gasteiger partial charge in [-0.05, 0) is 81.1 Å². The van der Waals surface area contributed by atoms with Gasteiger partial charge in [0.05, 0.1) is 11.0 Å². The van der Waals surface area contributed by atoms with Gasteiger partial charge in [-0.3, -0.25) is 4.57 Å². The second-order valence-electron chi connectivity index (χ2n) is 17.5. The molecular formula is C58H36N4O2. The lowest BCUT2D eigenvalue weighted by molar-refractivity contribution is 0.662. The topological polar surface area (TPSA) is 69.9 Å². The smallest absolute Gasteiger partial charge is 0.238 e. The minimum atomic E-state index is -0.230. The van der Waals surface area contributed by atoms with Gasteiger partial charge in [0.15, 0.2) is 11.6 Å². The van der Waals surface area contributed by atoms with Crippen LogP contribution in [0.25, 0.3) is 127 Å². The van der Waals surface area contributed by atoms with E-state index in [0.29, 0.717) is 17.6 Å². The van der Waals surface area contributed by atoms with Crippen molar-refractivity contribution in [1.82, 2.24) is 19.5 Å². The van der Waals surface area contributed by atoms with Gasteiger partial charge in [-0.25, -0.2) is 4.98 Å². The Balaban J connectivity index is 1.09. The second kappa shape index (κ2) is 12.8. The van der Waals surface area contributed by atoms with E-state index >= 15 is 0 Å². The second-order valence-corrected chi connectivity index (χ2v) is 17.5. The van der Waals surface area contributed by atoms with Crippen LogP contribution in [0.2, 0.25) is 0 Å². The first kappa shape index (κ1) is 35.3. The SMILES string of the molecule is CC1(C)c2ccccc2-c2cccc(-c3cccc4c5c6ccccc6ccc5n(-c5nc(-c6ccc7c(c6)oc6ccccc67)nc(-c6ccc7c(c6)oc6ccccc67)n5)c34)c21. The highest BCUT2D eigenvalue weighted by atomic mass is 16.3. The normalized spacial score (nSPS) is 13.3. The molecule has 13 aromatic rings. The van der Waals surface area contributed by atoms with Crippen molar-refractivity contribution in [2.24, 2.45) is 0 Å². The lowest BCUT2D eigenvalue weighted by Crippen LogP contribution is -2.16. The largest absolute Gasteiger partial charge is 0.456 e. The molecule has 0 N–H and O–H groups in total. The van der Waals surface area contributed by atoms with E-state index < -0.39 is 0 Å². The Morgan fingerprint density at radius 3 is 1.66 bits per heavy atom. The molecule has 4 aromatic heterocycles. The summed E-state index contributed by atoms with van der Waals surface area (Å²) >= 11 is 0. The van der Waals surface area contributed by atoms with Crippen LogP contribution in [0.15, 0.2) is 191 Å². The maximum absolute atomic E-state index is 6.42. The molecule has 0 spiro atoms. The van der Waals surface area contributed by atoms with Crippen LogP contribution in [0.5, 0.6) is 0 Å². The van der Waals surface area contributed by atoms with Gasteiger partial charge in [0.1, 0.15) is 22.3 Å². The van der Waals surface area contributed by atoms with Crippen molar-refractivity contribution in [2.75, 3.05) is 0 Å². The first-order chi connectivity index (χ1) is 31.5. The van der Waals surface area contributed by atoms with E-state index in [1.165, 1.54) is 38.6 Å². The number of furan rings is 2. The lowest BCUT2D eigenvalue weighted by atomic mass is 9.78. The Labute approximate surface area is 366 Å². The van der Waals surface area contributed by atoms with E-state index in [9.17, 15) is 0 Å². The van der Waals surface area contributed by atoms with Crippen LogP contribution in [0, 0.1) is 0 Å². The van der Waals surface area contributed by atoms with Crippen LogP contribution in [0.1, 0.15) is 25.0 Å². The first-order valence-electron chi connectivity index (χ1n) is 21.8. The number of aromatic nitrogens is 4. The predicted octanol–water partition coefficient (Wildman–Crippen LogP) is 15.2. The monoisotopic (exact) mass is 820 g/mol. The molecule has 0 fully saturated rings. The van der Waals surface area contributed by atoms with Gasteiger partial charge in [-0.15, -0.1) is 0 Å². The molecule has 6 nitrogen and oxygen atoms in total. The zero-order chi connectivity index (χ0) is 42.3. The molecule has 0 saturated carbocycles. The van der Waals surface area contributed by atoms with Crippen LogP contribution >= 0.6 is 0 Å². The summed E-state index contributed by atoms with van der Waals surface area (Å²) in [5, 5.41) is 8.87. The van der Waals surface area contributed by atoms with E-state index in [2.05, 4.69) is 164 Å². The zero-order valence-electron chi connectivity index (χ0n) is 34.9. The third-order valence-electron chi connectivity index (χ3n) is 13.6. The molecule has 0 amide bonds. The van der Waals surface area contributed by atoms with Gasteiger partial charge in [-0.2, -0.15) is 9.97 Å². The molecule has 14 rings (SSSR count).